The minimum Gasteiger partial charge on any atom is -0.356 e. The fourth-order valence-corrected chi connectivity index (χ4v) is 2.16. The Balaban J connectivity index is 2.02. The van der Waals surface area contributed by atoms with Gasteiger partial charge in [-0.25, -0.2) is 0 Å². The SMILES string of the molecule is CN(C)Cc1ccccc1CNC(=O)c1cc(Cl)c[nH]1. The quantitative estimate of drug-likeness (QED) is 0.890. The smallest absolute Gasteiger partial charge is 0.268 e. The zero-order valence-electron chi connectivity index (χ0n) is 11.6. The normalized spacial score (nSPS) is 10.8. The van der Waals surface area contributed by atoms with E-state index in [1.54, 1.807) is 12.3 Å². The molecule has 0 aliphatic rings. The first-order chi connectivity index (χ1) is 9.56. The third kappa shape index (κ3) is 3.85. The highest BCUT2D eigenvalue weighted by atomic mass is 35.5. The number of rotatable bonds is 5. The van der Waals surface area contributed by atoms with Crippen LogP contribution in [-0.4, -0.2) is 29.9 Å². The van der Waals surface area contributed by atoms with Crippen molar-refractivity contribution in [1.29, 1.82) is 0 Å². The molecule has 0 bridgehead atoms. The Hall–Kier alpha value is -1.78. The molecule has 0 radical (unpaired) electrons. The minimum atomic E-state index is -0.156. The van der Waals surface area contributed by atoms with Gasteiger partial charge in [0, 0.05) is 19.3 Å². The van der Waals surface area contributed by atoms with Crippen LogP contribution in [0.15, 0.2) is 36.5 Å². The van der Waals surface area contributed by atoms with Crippen LogP contribution in [0, 0.1) is 0 Å². The van der Waals surface area contributed by atoms with Gasteiger partial charge in [0.1, 0.15) is 5.69 Å². The van der Waals surface area contributed by atoms with E-state index in [1.807, 2.05) is 32.3 Å². The third-order valence-electron chi connectivity index (χ3n) is 2.94. The van der Waals surface area contributed by atoms with E-state index >= 15 is 0 Å². The van der Waals surface area contributed by atoms with Crippen LogP contribution in [0.2, 0.25) is 5.02 Å². The molecule has 4 nitrogen and oxygen atoms in total. The van der Waals surface area contributed by atoms with Crippen molar-refractivity contribution in [3.63, 3.8) is 0 Å². The van der Waals surface area contributed by atoms with Crippen LogP contribution >= 0.6 is 11.6 Å². The Kier molecular flexibility index (Phi) is 4.82. The zero-order valence-corrected chi connectivity index (χ0v) is 12.4. The number of carbonyl (C=O) groups is 1. The van der Waals surface area contributed by atoms with Crippen LogP contribution in [0.3, 0.4) is 0 Å². The molecule has 1 aromatic heterocycles. The number of H-pyrrole nitrogens is 1. The Labute approximate surface area is 123 Å². The van der Waals surface area contributed by atoms with E-state index in [0.29, 0.717) is 17.3 Å². The Morgan fingerprint density at radius 3 is 2.60 bits per heavy atom. The van der Waals surface area contributed by atoms with Gasteiger partial charge in [-0.1, -0.05) is 35.9 Å². The maximum Gasteiger partial charge on any atom is 0.268 e. The van der Waals surface area contributed by atoms with Gasteiger partial charge in [-0.3, -0.25) is 4.79 Å². The average Bonchev–Trinajstić information content (AvgIpc) is 2.83. The molecule has 0 saturated carbocycles. The van der Waals surface area contributed by atoms with Gasteiger partial charge in [0.05, 0.1) is 5.02 Å². The molecule has 106 valence electrons. The molecule has 0 saturated heterocycles. The lowest BCUT2D eigenvalue weighted by atomic mass is 10.1. The van der Waals surface area contributed by atoms with Crippen molar-refractivity contribution < 1.29 is 4.79 Å². The summed E-state index contributed by atoms with van der Waals surface area (Å²) < 4.78 is 0. The molecular weight excluding hydrogens is 274 g/mol. The number of benzene rings is 1. The van der Waals surface area contributed by atoms with Gasteiger partial charge < -0.3 is 15.2 Å². The molecule has 20 heavy (non-hydrogen) atoms. The summed E-state index contributed by atoms with van der Waals surface area (Å²) in [6.07, 6.45) is 1.59. The number of hydrogen-bond acceptors (Lipinski definition) is 2. The van der Waals surface area contributed by atoms with Gasteiger partial charge in [-0.15, -0.1) is 0 Å². The Bertz CT molecular complexity index is 592. The van der Waals surface area contributed by atoms with Gasteiger partial charge in [0.15, 0.2) is 0 Å². The number of nitrogens with zero attached hydrogens (tertiary/aromatic N) is 1. The van der Waals surface area contributed by atoms with E-state index in [4.69, 9.17) is 11.6 Å². The largest absolute Gasteiger partial charge is 0.356 e. The summed E-state index contributed by atoms with van der Waals surface area (Å²) in [6.45, 7) is 1.35. The first-order valence-corrected chi connectivity index (χ1v) is 6.77. The Morgan fingerprint density at radius 1 is 1.30 bits per heavy atom. The lowest BCUT2D eigenvalue weighted by molar-refractivity contribution is 0.0946. The first-order valence-electron chi connectivity index (χ1n) is 6.40. The summed E-state index contributed by atoms with van der Waals surface area (Å²) >= 11 is 5.79. The monoisotopic (exact) mass is 291 g/mol. The van der Waals surface area contributed by atoms with E-state index in [9.17, 15) is 4.79 Å². The minimum absolute atomic E-state index is 0.156. The standard InChI is InChI=1S/C15H18ClN3O/c1-19(2)10-12-6-4-3-5-11(12)8-18-15(20)14-7-13(16)9-17-14/h3-7,9,17H,8,10H2,1-2H3,(H,18,20). The number of aromatic amines is 1. The van der Waals surface area contributed by atoms with Crippen molar-refractivity contribution in [3.05, 3.63) is 58.4 Å². The Morgan fingerprint density at radius 2 is 2.00 bits per heavy atom. The molecule has 1 amide bonds. The van der Waals surface area contributed by atoms with Crippen molar-refractivity contribution in [2.24, 2.45) is 0 Å². The molecule has 1 heterocycles. The highest BCUT2D eigenvalue weighted by Gasteiger charge is 2.09. The number of amides is 1. The first kappa shape index (κ1) is 14.6. The van der Waals surface area contributed by atoms with Gasteiger partial charge >= 0.3 is 0 Å². The van der Waals surface area contributed by atoms with E-state index < -0.39 is 0 Å². The van der Waals surface area contributed by atoms with Crippen LogP contribution in [0.4, 0.5) is 0 Å². The molecule has 2 rings (SSSR count). The third-order valence-corrected chi connectivity index (χ3v) is 3.15. The van der Waals surface area contributed by atoms with Gasteiger partial charge in [0.2, 0.25) is 0 Å². The highest BCUT2D eigenvalue weighted by Crippen LogP contribution is 2.12. The summed E-state index contributed by atoms with van der Waals surface area (Å²) in [6, 6.07) is 9.71. The highest BCUT2D eigenvalue weighted by molar-refractivity contribution is 6.30. The van der Waals surface area contributed by atoms with Crippen molar-refractivity contribution in [2.75, 3.05) is 14.1 Å². The molecule has 2 N–H and O–H groups in total. The maximum absolute atomic E-state index is 12.0. The van der Waals surface area contributed by atoms with Crippen molar-refractivity contribution >= 4 is 17.5 Å². The van der Waals surface area contributed by atoms with Crippen LogP contribution in [0.25, 0.3) is 0 Å². The molecule has 0 fully saturated rings. The fraction of sp³-hybridized carbons (Fsp3) is 0.267. The molecular formula is C15H18ClN3O. The van der Waals surface area contributed by atoms with Gasteiger partial charge in [-0.05, 0) is 31.3 Å². The number of carbonyl (C=O) groups excluding carboxylic acids is 1. The summed E-state index contributed by atoms with van der Waals surface area (Å²) in [5.41, 5.74) is 2.80. The summed E-state index contributed by atoms with van der Waals surface area (Å²) in [4.78, 5) is 16.9. The van der Waals surface area contributed by atoms with Crippen LogP contribution < -0.4 is 5.32 Å². The van der Waals surface area contributed by atoms with E-state index in [1.165, 1.54) is 5.56 Å². The molecule has 5 heteroatoms. The van der Waals surface area contributed by atoms with Crippen molar-refractivity contribution in [3.8, 4) is 0 Å². The zero-order chi connectivity index (χ0) is 14.5. The van der Waals surface area contributed by atoms with Gasteiger partial charge in [0.25, 0.3) is 5.91 Å². The molecule has 0 unspecified atom stereocenters. The van der Waals surface area contributed by atoms with E-state index in [-0.39, 0.29) is 5.91 Å². The number of nitrogens with one attached hydrogen (secondary N) is 2. The van der Waals surface area contributed by atoms with E-state index in [2.05, 4.69) is 21.3 Å². The van der Waals surface area contributed by atoms with Crippen LogP contribution in [0.1, 0.15) is 21.6 Å². The van der Waals surface area contributed by atoms with Gasteiger partial charge in [-0.2, -0.15) is 0 Å². The second kappa shape index (κ2) is 6.59. The molecule has 0 aliphatic carbocycles. The van der Waals surface area contributed by atoms with Crippen molar-refractivity contribution in [1.82, 2.24) is 15.2 Å². The molecule has 0 aliphatic heterocycles. The number of hydrogen-bond donors (Lipinski definition) is 2. The van der Waals surface area contributed by atoms with E-state index in [0.717, 1.165) is 12.1 Å². The lowest BCUT2D eigenvalue weighted by Gasteiger charge is -2.14. The average molecular weight is 292 g/mol. The summed E-state index contributed by atoms with van der Waals surface area (Å²) in [5, 5.41) is 3.43. The molecule has 1 aromatic carbocycles. The summed E-state index contributed by atoms with van der Waals surface area (Å²) in [7, 11) is 4.05. The van der Waals surface area contributed by atoms with Crippen LogP contribution in [-0.2, 0) is 13.1 Å². The predicted molar refractivity (Wildman–Crippen MR) is 80.8 cm³/mol. The van der Waals surface area contributed by atoms with Crippen molar-refractivity contribution in [2.45, 2.75) is 13.1 Å². The molecule has 0 spiro atoms. The second-order valence-electron chi connectivity index (χ2n) is 4.92. The topological polar surface area (TPSA) is 48.1 Å². The summed E-state index contributed by atoms with van der Waals surface area (Å²) in [5.74, 6) is -0.156. The number of aromatic nitrogens is 1. The fourth-order valence-electron chi connectivity index (χ4n) is 1.99. The molecule has 0 atom stereocenters. The van der Waals surface area contributed by atoms with Crippen LogP contribution in [0.5, 0.6) is 0 Å². The number of halogens is 1. The maximum atomic E-state index is 12.0. The predicted octanol–water partition coefficient (Wildman–Crippen LogP) is 2.66. The second-order valence-corrected chi connectivity index (χ2v) is 5.36. The lowest BCUT2D eigenvalue weighted by Crippen LogP contribution is -2.24. The molecule has 2 aromatic rings.